The van der Waals surface area contributed by atoms with Crippen LogP contribution in [0.1, 0.15) is 59.0 Å². The summed E-state index contributed by atoms with van der Waals surface area (Å²) in [6.45, 7) is 3.89. The number of ether oxygens (including phenoxy) is 1. The lowest BCUT2D eigenvalue weighted by molar-refractivity contribution is -0.772. The SMILES string of the molecule is CCOC(=O)c1c(NC(=O)C(CC)Sc2c([O-])on[n+]2C)sc2c1CCC(c1ccccc1)C2. The summed E-state index contributed by atoms with van der Waals surface area (Å²) in [4.78, 5) is 27.2. The minimum atomic E-state index is -0.579. The zero-order valence-electron chi connectivity index (χ0n) is 19.3. The third-order valence-electron chi connectivity index (χ3n) is 5.88. The fourth-order valence-electron chi connectivity index (χ4n) is 4.18. The number of aromatic nitrogens is 2. The second kappa shape index (κ2) is 10.6. The molecular formula is C24H27N3O5S2. The van der Waals surface area contributed by atoms with Gasteiger partial charge in [0, 0.05) is 4.88 Å². The highest BCUT2D eigenvalue weighted by molar-refractivity contribution is 8.00. The van der Waals surface area contributed by atoms with E-state index in [4.69, 9.17) is 4.74 Å². The smallest absolute Gasteiger partial charge is 0.341 e. The van der Waals surface area contributed by atoms with Crippen molar-refractivity contribution >= 4 is 40.0 Å². The molecule has 3 aromatic rings. The molecular weight excluding hydrogens is 474 g/mol. The second-order valence-electron chi connectivity index (χ2n) is 8.07. The summed E-state index contributed by atoms with van der Waals surface area (Å²) in [5.41, 5.74) is 2.71. The van der Waals surface area contributed by atoms with Gasteiger partial charge in [-0.2, -0.15) is 0 Å². The van der Waals surface area contributed by atoms with E-state index in [1.54, 1.807) is 14.0 Å². The lowest BCUT2D eigenvalue weighted by Crippen LogP contribution is -2.34. The van der Waals surface area contributed by atoms with Crippen LogP contribution in [0.5, 0.6) is 5.95 Å². The van der Waals surface area contributed by atoms with Gasteiger partial charge < -0.3 is 19.7 Å². The first-order chi connectivity index (χ1) is 16.4. The predicted molar refractivity (Wildman–Crippen MR) is 127 cm³/mol. The number of thiophene rings is 1. The minimum absolute atomic E-state index is 0.254. The van der Waals surface area contributed by atoms with Crippen molar-refractivity contribution in [2.45, 2.75) is 55.7 Å². The van der Waals surface area contributed by atoms with Gasteiger partial charge in [-0.15, -0.1) is 11.3 Å². The molecule has 0 saturated heterocycles. The van der Waals surface area contributed by atoms with E-state index in [9.17, 15) is 14.7 Å². The van der Waals surface area contributed by atoms with Gasteiger partial charge in [-0.25, -0.2) is 4.79 Å². The van der Waals surface area contributed by atoms with Crippen LogP contribution in [-0.2, 0) is 29.4 Å². The van der Waals surface area contributed by atoms with Gasteiger partial charge in [0.25, 0.3) is 5.03 Å². The Kier molecular flexibility index (Phi) is 7.57. The normalized spacial score (nSPS) is 16.0. The molecule has 0 radical (unpaired) electrons. The quantitative estimate of drug-likeness (QED) is 0.285. The molecule has 0 spiro atoms. The Balaban J connectivity index is 1.60. The lowest BCUT2D eigenvalue weighted by Gasteiger charge is -2.23. The molecule has 2 aromatic heterocycles. The highest BCUT2D eigenvalue weighted by Crippen LogP contribution is 2.43. The molecule has 1 aromatic carbocycles. The molecule has 180 valence electrons. The van der Waals surface area contributed by atoms with Gasteiger partial charge in [-0.05, 0) is 61.4 Å². The second-order valence-corrected chi connectivity index (χ2v) is 10.4. The Hall–Kier alpha value is -2.85. The number of rotatable bonds is 8. The number of fused-ring (bicyclic) bond motifs is 1. The average molecular weight is 502 g/mol. The van der Waals surface area contributed by atoms with E-state index < -0.39 is 17.2 Å². The monoisotopic (exact) mass is 501 g/mol. The molecule has 0 fully saturated rings. The maximum Gasteiger partial charge on any atom is 0.341 e. The molecule has 4 rings (SSSR count). The van der Waals surface area contributed by atoms with Gasteiger partial charge in [-0.1, -0.05) is 41.9 Å². The van der Waals surface area contributed by atoms with Crippen LogP contribution in [-0.4, -0.2) is 29.0 Å². The van der Waals surface area contributed by atoms with Crippen molar-refractivity contribution < 1.29 is 28.6 Å². The van der Waals surface area contributed by atoms with E-state index in [1.165, 1.54) is 21.6 Å². The van der Waals surface area contributed by atoms with Gasteiger partial charge in [0.05, 0.1) is 22.7 Å². The van der Waals surface area contributed by atoms with Crippen molar-refractivity contribution in [3.05, 3.63) is 51.9 Å². The first-order valence-electron chi connectivity index (χ1n) is 11.3. The van der Waals surface area contributed by atoms with E-state index >= 15 is 0 Å². The molecule has 2 heterocycles. The van der Waals surface area contributed by atoms with Crippen LogP contribution >= 0.6 is 23.1 Å². The molecule has 2 unspecified atom stereocenters. The number of nitrogens with one attached hydrogen (secondary N) is 1. The molecule has 34 heavy (non-hydrogen) atoms. The summed E-state index contributed by atoms with van der Waals surface area (Å²) < 4.78 is 11.3. The molecule has 1 N–H and O–H groups in total. The molecule has 2 atom stereocenters. The van der Waals surface area contributed by atoms with Gasteiger partial charge in [-0.3, -0.25) is 4.79 Å². The van der Waals surface area contributed by atoms with Crippen molar-refractivity contribution in [2.24, 2.45) is 7.05 Å². The Morgan fingerprint density at radius 2 is 2.12 bits per heavy atom. The summed E-state index contributed by atoms with van der Waals surface area (Å²) in [6.07, 6.45) is 2.97. The number of hydrogen-bond donors (Lipinski definition) is 1. The third kappa shape index (κ3) is 4.97. The van der Waals surface area contributed by atoms with Crippen molar-refractivity contribution in [1.82, 2.24) is 5.27 Å². The van der Waals surface area contributed by atoms with Crippen LogP contribution in [0.3, 0.4) is 0 Å². The summed E-state index contributed by atoms with van der Waals surface area (Å²) in [6, 6.07) is 10.4. The first-order valence-corrected chi connectivity index (χ1v) is 13.0. The summed E-state index contributed by atoms with van der Waals surface area (Å²) in [5.74, 6) is -0.906. The van der Waals surface area contributed by atoms with Crippen LogP contribution in [0.15, 0.2) is 39.9 Å². The number of nitrogens with zero attached hydrogens (tertiary/aromatic N) is 2. The van der Waals surface area contributed by atoms with E-state index in [0.29, 0.717) is 22.9 Å². The molecule has 1 aliphatic carbocycles. The summed E-state index contributed by atoms with van der Waals surface area (Å²) >= 11 is 2.55. The maximum atomic E-state index is 13.2. The Bertz CT molecular complexity index is 1160. The van der Waals surface area contributed by atoms with E-state index in [-0.39, 0.29) is 17.5 Å². The fraction of sp³-hybridized carbons (Fsp3) is 0.417. The fourth-order valence-corrected chi connectivity index (χ4v) is 6.42. The van der Waals surface area contributed by atoms with Gasteiger partial charge in [0.2, 0.25) is 5.91 Å². The zero-order valence-corrected chi connectivity index (χ0v) is 21.0. The number of anilines is 1. The highest BCUT2D eigenvalue weighted by Gasteiger charge is 2.32. The molecule has 0 saturated carbocycles. The average Bonchev–Trinajstić information content (AvgIpc) is 3.36. The number of carbonyl (C=O) groups excluding carboxylic acids is 2. The molecule has 0 aliphatic heterocycles. The number of thioether (sulfide) groups is 1. The van der Waals surface area contributed by atoms with Crippen LogP contribution in [0.25, 0.3) is 0 Å². The minimum Gasteiger partial charge on any atom is -0.538 e. The van der Waals surface area contributed by atoms with Crippen molar-refractivity contribution in [3.63, 3.8) is 0 Å². The predicted octanol–water partition coefficient (Wildman–Crippen LogP) is 3.59. The van der Waals surface area contributed by atoms with E-state index in [1.807, 2.05) is 25.1 Å². The molecule has 8 nitrogen and oxygen atoms in total. The first kappa shape index (κ1) is 24.3. The highest BCUT2D eigenvalue weighted by atomic mass is 32.2. The van der Waals surface area contributed by atoms with Crippen molar-refractivity contribution in [1.29, 1.82) is 0 Å². The topological polar surface area (TPSA) is 108 Å². The number of aryl methyl sites for hydroxylation is 1. The van der Waals surface area contributed by atoms with Crippen LogP contribution < -0.4 is 15.1 Å². The largest absolute Gasteiger partial charge is 0.538 e. The molecule has 1 amide bonds. The van der Waals surface area contributed by atoms with E-state index in [2.05, 4.69) is 27.2 Å². The van der Waals surface area contributed by atoms with E-state index in [0.717, 1.165) is 41.5 Å². The van der Waals surface area contributed by atoms with Gasteiger partial charge in [0.1, 0.15) is 5.00 Å². The Morgan fingerprint density at radius 3 is 2.76 bits per heavy atom. The standard InChI is InChI=1S/C24H27N3O5S2/c1-4-17(34-22-24(30)32-26-27(22)3)20(28)25-21-19(23(29)31-5-2)16-12-11-15(13-18(16)33-21)14-9-7-6-8-10-14/h6-10,15,17H,4-5,11-13H2,1-3H3,(H-,25,26,28,29,30). The molecule has 0 bridgehead atoms. The summed E-state index contributed by atoms with van der Waals surface area (Å²) in [5, 5.41) is 18.7. The zero-order chi connectivity index (χ0) is 24.2. The number of amides is 1. The van der Waals surface area contributed by atoms with Gasteiger partial charge in [0.15, 0.2) is 13.0 Å². The number of carbonyl (C=O) groups is 2. The van der Waals surface area contributed by atoms with Crippen molar-refractivity contribution in [3.8, 4) is 5.95 Å². The lowest BCUT2D eigenvalue weighted by atomic mass is 9.83. The van der Waals surface area contributed by atoms with Crippen LogP contribution in [0, 0.1) is 0 Å². The van der Waals surface area contributed by atoms with Crippen LogP contribution in [0.2, 0.25) is 0 Å². The number of benzene rings is 1. The van der Waals surface area contributed by atoms with Crippen molar-refractivity contribution in [2.75, 3.05) is 11.9 Å². The molecule has 10 heteroatoms. The maximum absolute atomic E-state index is 13.2. The van der Waals surface area contributed by atoms with Gasteiger partial charge >= 0.3 is 5.97 Å². The number of hydrogen-bond acceptors (Lipinski definition) is 8. The Morgan fingerprint density at radius 1 is 1.35 bits per heavy atom. The molecule has 1 aliphatic rings. The summed E-state index contributed by atoms with van der Waals surface area (Å²) in [7, 11) is 1.59. The number of esters is 1. The third-order valence-corrected chi connectivity index (χ3v) is 8.54. The van der Waals surface area contributed by atoms with Crippen LogP contribution in [0.4, 0.5) is 5.00 Å². The Labute approximate surface area is 206 Å².